The fraction of sp³-hybridized carbons (Fsp3) is 0.800. The second-order valence-corrected chi connectivity index (χ2v) is 12.7. The Hall–Kier alpha value is -2.38. The highest BCUT2D eigenvalue weighted by Crippen LogP contribution is 2.37. The molecule has 3 fully saturated rings. The minimum atomic E-state index is 0.110. The lowest BCUT2D eigenvalue weighted by Crippen LogP contribution is -2.60. The molecule has 4 rings (SSSR count). The topological polar surface area (TPSA) is 87.5 Å². The summed E-state index contributed by atoms with van der Waals surface area (Å²) in [4.78, 5) is 43.9. The average Bonchev–Trinajstić information content (AvgIpc) is 3.10. The molecule has 5 atom stereocenters. The van der Waals surface area contributed by atoms with Gasteiger partial charge in [-0.15, -0.1) is 0 Å². The third-order valence-corrected chi connectivity index (χ3v) is 9.44. The first kappa shape index (κ1) is 28.6. The molecule has 2 bridgehead atoms. The fourth-order valence-electron chi connectivity index (χ4n) is 7.08. The molecule has 3 amide bonds. The zero-order valence-electron chi connectivity index (χ0n) is 24.5. The van der Waals surface area contributed by atoms with Crippen LogP contribution in [0.5, 0.6) is 0 Å². The van der Waals surface area contributed by atoms with Gasteiger partial charge in [0, 0.05) is 63.7 Å². The van der Waals surface area contributed by atoms with Crippen LogP contribution in [0.3, 0.4) is 0 Å². The predicted molar refractivity (Wildman–Crippen MR) is 148 cm³/mol. The van der Waals surface area contributed by atoms with Crippen molar-refractivity contribution in [2.24, 2.45) is 30.7 Å². The van der Waals surface area contributed by atoms with Crippen molar-refractivity contribution in [3.8, 4) is 0 Å². The number of amides is 3. The van der Waals surface area contributed by atoms with E-state index in [-0.39, 0.29) is 35.7 Å². The number of aromatic nitrogens is 2. The van der Waals surface area contributed by atoms with E-state index in [1.165, 1.54) is 5.56 Å². The van der Waals surface area contributed by atoms with Crippen LogP contribution in [0.2, 0.25) is 0 Å². The van der Waals surface area contributed by atoms with Gasteiger partial charge in [-0.3, -0.25) is 19.1 Å². The number of carbonyl (C=O) groups is 3. The van der Waals surface area contributed by atoms with Crippen LogP contribution in [0.25, 0.3) is 0 Å². The number of aryl methyl sites for hydroxylation is 2. The summed E-state index contributed by atoms with van der Waals surface area (Å²) in [5, 5.41) is 7.76. The molecule has 0 spiro atoms. The summed E-state index contributed by atoms with van der Waals surface area (Å²) >= 11 is 0. The second-order valence-electron chi connectivity index (χ2n) is 12.7. The molecule has 3 saturated heterocycles. The summed E-state index contributed by atoms with van der Waals surface area (Å²) in [6.45, 7) is 12.8. The summed E-state index contributed by atoms with van der Waals surface area (Å²) in [7, 11) is 1.95. The van der Waals surface area contributed by atoms with E-state index in [4.69, 9.17) is 0 Å². The third-order valence-electron chi connectivity index (χ3n) is 9.44. The van der Waals surface area contributed by atoms with Crippen LogP contribution >= 0.6 is 0 Å². The molecule has 38 heavy (non-hydrogen) atoms. The molecule has 0 saturated carbocycles. The highest BCUT2D eigenvalue weighted by molar-refractivity contribution is 5.78. The summed E-state index contributed by atoms with van der Waals surface area (Å²) in [6, 6.07) is 0.278. The quantitative estimate of drug-likeness (QED) is 0.646. The molecular formula is C30H49N5O3. The first-order chi connectivity index (χ1) is 18.0. The monoisotopic (exact) mass is 527 g/mol. The number of rotatable bonds is 4. The molecule has 4 heterocycles. The van der Waals surface area contributed by atoms with Gasteiger partial charge in [-0.25, -0.2) is 0 Å². The van der Waals surface area contributed by atoms with Gasteiger partial charge in [-0.05, 0) is 81.6 Å². The van der Waals surface area contributed by atoms with Crippen molar-refractivity contribution in [3.05, 3.63) is 17.0 Å². The lowest BCUT2D eigenvalue weighted by atomic mass is 9.77. The predicted octanol–water partition coefficient (Wildman–Crippen LogP) is 3.78. The maximum absolute atomic E-state index is 13.6. The Morgan fingerprint density at radius 2 is 1.87 bits per heavy atom. The zero-order valence-corrected chi connectivity index (χ0v) is 24.5. The molecule has 0 unspecified atom stereocenters. The van der Waals surface area contributed by atoms with Crippen molar-refractivity contribution in [2.45, 2.75) is 104 Å². The molecule has 212 valence electrons. The molecule has 0 aromatic carbocycles. The normalized spacial score (nSPS) is 29.3. The van der Waals surface area contributed by atoms with Gasteiger partial charge in [0.15, 0.2) is 0 Å². The highest BCUT2D eigenvalue weighted by Gasteiger charge is 2.43. The highest BCUT2D eigenvalue weighted by atomic mass is 16.2. The summed E-state index contributed by atoms with van der Waals surface area (Å²) in [6.07, 6.45) is 6.81. The van der Waals surface area contributed by atoms with E-state index < -0.39 is 0 Å². The Balaban J connectivity index is 1.44. The van der Waals surface area contributed by atoms with Crippen molar-refractivity contribution in [1.82, 2.24) is 24.9 Å². The largest absolute Gasteiger partial charge is 0.353 e. The third kappa shape index (κ3) is 6.60. The summed E-state index contributed by atoms with van der Waals surface area (Å²) < 4.78 is 1.89. The van der Waals surface area contributed by atoms with E-state index in [2.05, 4.69) is 47.9 Å². The van der Waals surface area contributed by atoms with E-state index in [9.17, 15) is 14.4 Å². The van der Waals surface area contributed by atoms with Gasteiger partial charge < -0.3 is 15.1 Å². The maximum atomic E-state index is 13.6. The van der Waals surface area contributed by atoms with Crippen LogP contribution in [0.15, 0.2) is 0 Å². The standard InChI is InChI=1S/C30H49N5O3/c1-19(2)26-12-10-20(3)14-30(38)35-17-23-15-24(27(35)8-7-9-28(36)31-26)18-34(16-23)29(37)13-11-25-21(4)32-33(6)22(25)5/h19-20,23-24,26-27H,7-18H2,1-6H3,(H,31,36)/t20-,23+,24+,26+,27+/m1/s1. The Morgan fingerprint density at radius 3 is 2.55 bits per heavy atom. The Labute approximate surface area is 228 Å². The first-order valence-corrected chi connectivity index (χ1v) is 14.9. The molecule has 8 heteroatoms. The SMILES string of the molecule is Cc1nn(C)c(C)c1CCC(=O)N1C[C@@H]2C[C@@H](C1)[C@@H]1CCCC(=O)N[C@H](C(C)C)CC[C@@H](C)CC(=O)N1C2. The van der Waals surface area contributed by atoms with Crippen molar-refractivity contribution < 1.29 is 14.4 Å². The molecule has 0 radical (unpaired) electrons. The smallest absolute Gasteiger partial charge is 0.223 e. The Kier molecular flexibility index (Phi) is 9.19. The number of nitrogens with one attached hydrogen (secondary N) is 1. The van der Waals surface area contributed by atoms with E-state index >= 15 is 0 Å². The lowest BCUT2D eigenvalue weighted by molar-refractivity contribution is -0.146. The van der Waals surface area contributed by atoms with Crippen molar-refractivity contribution in [1.29, 1.82) is 0 Å². The van der Waals surface area contributed by atoms with Gasteiger partial charge in [0.2, 0.25) is 17.7 Å². The first-order valence-electron chi connectivity index (χ1n) is 14.9. The van der Waals surface area contributed by atoms with Crippen LogP contribution in [0, 0.1) is 37.5 Å². The van der Waals surface area contributed by atoms with E-state index in [1.54, 1.807) is 0 Å². The number of likely N-dealkylation sites (tertiary alicyclic amines) is 1. The van der Waals surface area contributed by atoms with E-state index in [0.29, 0.717) is 50.0 Å². The van der Waals surface area contributed by atoms with Gasteiger partial charge in [0.1, 0.15) is 0 Å². The minimum Gasteiger partial charge on any atom is -0.353 e. The average molecular weight is 528 g/mol. The second kappa shape index (κ2) is 12.2. The molecule has 3 aliphatic heterocycles. The number of carbonyl (C=O) groups excluding carboxylic acids is 3. The number of piperidine rings is 2. The summed E-state index contributed by atoms with van der Waals surface area (Å²) in [5.41, 5.74) is 3.31. The Morgan fingerprint density at radius 1 is 1.11 bits per heavy atom. The molecule has 1 N–H and O–H groups in total. The van der Waals surface area contributed by atoms with Gasteiger partial charge in [0.25, 0.3) is 0 Å². The molecule has 3 aliphatic rings. The van der Waals surface area contributed by atoms with E-state index in [1.807, 2.05) is 18.7 Å². The fourth-order valence-corrected chi connectivity index (χ4v) is 7.08. The minimum absolute atomic E-state index is 0.110. The zero-order chi connectivity index (χ0) is 27.6. The van der Waals surface area contributed by atoms with Gasteiger partial charge in [-0.2, -0.15) is 5.10 Å². The molecule has 1 aromatic rings. The van der Waals surface area contributed by atoms with Crippen LogP contribution < -0.4 is 5.32 Å². The Bertz CT molecular complexity index is 1020. The molecule has 8 nitrogen and oxygen atoms in total. The van der Waals surface area contributed by atoms with Gasteiger partial charge in [0.05, 0.1) is 5.69 Å². The molecule has 0 aliphatic carbocycles. The van der Waals surface area contributed by atoms with E-state index in [0.717, 1.165) is 56.6 Å². The van der Waals surface area contributed by atoms with Crippen LogP contribution in [0.1, 0.15) is 89.1 Å². The number of hydrogen-bond donors (Lipinski definition) is 1. The van der Waals surface area contributed by atoms with Crippen LogP contribution in [0.4, 0.5) is 0 Å². The van der Waals surface area contributed by atoms with Crippen LogP contribution in [-0.4, -0.2) is 69.0 Å². The molecule has 1 aromatic heterocycles. The van der Waals surface area contributed by atoms with Crippen molar-refractivity contribution >= 4 is 17.7 Å². The molecular weight excluding hydrogens is 478 g/mol. The van der Waals surface area contributed by atoms with Gasteiger partial charge in [-0.1, -0.05) is 20.8 Å². The van der Waals surface area contributed by atoms with Crippen LogP contribution in [-0.2, 0) is 27.9 Å². The number of fused-ring (bicyclic) bond motifs is 4. The summed E-state index contributed by atoms with van der Waals surface area (Å²) in [5.74, 6) is 1.89. The van der Waals surface area contributed by atoms with Crippen molar-refractivity contribution in [2.75, 3.05) is 19.6 Å². The maximum Gasteiger partial charge on any atom is 0.223 e. The van der Waals surface area contributed by atoms with Gasteiger partial charge >= 0.3 is 0 Å². The van der Waals surface area contributed by atoms with Crippen molar-refractivity contribution in [3.63, 3.8) is 0 Å². The lowest BCUT2D eigenvalue weighted by Gasteiger charge is -2.51. The number of nitrogens with zero attached hydrogens (tertiary/aromatic N) is 4. The number of hydrogen-bond acceptors (Lipinski definition) is 4.